The first kappa shape index (κ1) is 10.3. The number of rotatable bonds is 5. The van der Waals surface area contributed by atoms with Gasteiger partial charge in [-0.1, -0.05) is 28.0 Å². The van der Waals surface area contributed by atoms with E-state index in [0.717, 1.165) is 18.1 Å². The van der Waals surface area contributed by atoms with Crippen molar-refractivity contribution < 1.29 is 9.90 Å². The minimum atomic E-state index is -0.913. The van der Waals surface area contributed by atoms with Crippen LogP contribution < -0.4 is 0 Å². The van der Waals surface area contributed by atoms with Crippen molar-refractivity contribution in [3.05, 3.63) is 0 Å². The lowest BCUT2D eigenvalue weighted by molar-refractivity contribution is -0.143. The molecule has 1 heterocycles. The van der Waals surface area contributed by atoms with Gasteiger partial charge in [0.2, 0.25) is 0 Å². The fraction of sp³-hybridized carbons (Fsp3) is 0.875. The maximum atomic E-state index is 10.1. The molecular weight excluding hydrogens is 192 g/mol. The molecule has 1 radical (unpaired) electrons. The molecule has 1 unspecified atom stereocenters. The molecule has 0 amide bonds. The number of unbranched alkanes of at least 4 members (excludes halogenated alkanes) is 1. The second-order valence-corrected chi connectivity index (χ2v) is 5.73. The molecular formula is C8H13O2S2. The highest BCUT2D eigenvalue weighted by Crippen LogP contribution is 2.39. The molecule has 1 saturated heterocycles. The molecule has 0 spiro atoms. The molecule has 0 bridgehead atoms. The van der Waals surface area contributed by atoms with Crippen LogP contribution in [0.4, 0.5) is 0 Å². The maximum Gasteiger partial charge on any atom is 0.355 e. The van der Waals surface area contributed by atoms with Gasteiger partial charge in [0.1, 0.15) is 0 Å². The predicted octanol–water partition coefficient (Wildman–Crippen LogP) is 2.66. The van der Waals surface area contributed by atoms with E-state index in [9.17, 15) is 9.90 Å². The molecule has 69 valence electrons. The van der Waals surface area contributed by atoms with Crippen LogP contribution in [-0.2, 0) is 9.90 Å². The van der Waals surface area contributed by atoms with Gasteiger partial charge in [-0.25, -0.2) is 9.90 Å². The number of carbonyl (C=O) groups excluding carboxylic acids is 1. The van der Waals surface area contributed by atoms with Gasteiger partial charge < -0.3 is 0 Å². The van der Waals surface area contributed by atoms with Gasteiger partial charge in [0.15, 0.2) is 0 Å². The van der Waals surface area contributed by atoms with Crippen molar-refractivity contribution >= 4 is 27.6 Å². The Bertz CT molecular complexity index is 144. The summed E-state index contributed by atoms with van der Waals surface area (Å²) in [5, 5.41) is 10.8. The van der Waals surface area contributed by atoms with Gasteiger partial charge in [-0.15, -0.1) is 0 Å². The van der Waals surface area contributed by atoms with Crippen molar-refractivity contribution in [3.8, 4) is 0 Å². The molecule has 0 aliphatic carbocycles. The minimum Gasteiger partial charge on any atom is -0.247 e. The quantitative estimate of drug-likeness (QED) is 0.511. The first-order valence-corrected chi connectivity index (χ1v) is 6.65. The molecule has 0 aromatic heterocycles. The van der Waals surface area contributed by atoms with Crippen LogP contribution in [-0.4, -0.2) is 17.0 Å². The van der Waals surface area contributed by atoms with Gasteiger partial charge in [0.05, 0.1) is 6.42 Å². The second-order valence-electron chi connectivity index (χ2n) is 2.95. The Morgan fingerprint density at radius 3 is 2.83 bits per heavy atom. The molecule has 1 rings (SSSR count). The molecule has 4 heteroatoms. The summed E-state index contributed by atoms with van der Waals surface area (Å²) in [4.78, 5) is 10.1. The molecule has 0 saturated carbocycles. The molecule has 0 N–H and O–H groups in total. The lowest BCUT2D eigenvalue weighted by atomic mass is 10.1. The number of hydrogen-bond donors (Lipinski definition) is 0. The van der Waals surface area contributed by atoms with Crippen LogP contribution in [0.25, 0.3) is 0 Å². The van der Waals surface area contributed by atoms with Crippen LogP contribution >= 0.6 is 21.6 Å². The minimum absolute atomic E-state index is 0.227. The number of hydrogen-bond acceptors (Lipinski definition) is 3. The summed E-state index contributed by atoms with van der Waals surface area (Å²) in [7, 11) is 3.89. The molecule has 2 nitrogen and oxygen atoms in total. The van der Waals surface area contributed by atoms with Crippen LogP contribution in [0.1, 0.15) is 32.1 Å². The fourth-order valence-corrected chi connectivity index (χ4v) is 4.23. The van der Waals surface area contributed by atoms with Crippen molar-refractivity contribution in [3.63, 3.8) is 0 Å². The van der Waals surface area contributed by atoms with E-state index in [-0.39, 0.29) is 6.42 Å². The molecule has 1 aliphatic heterocycles. The van der Waals surface area contributed by atoms with Crippen molar-refractivity contribution in [1.82, 2.24) is 0 Å². The van der Waals surface area contributed by atoms with Gasteiger partial charge >= 0.3 is 5.97 Å². The average molecular weight is 205 g/mol. The molecule has 0 aromatic rings. The maximum absolute atomic E-state index is 10.1. The van der Waals surface area contributed by atoms with Crippen molar-refractivity contribution in [2.45, 2.75) is 37.4 Å². The Balaban J connectivity index is 1.91. The Hall–Kier alpha value is 0.170. The van der Waals surface area contributed by atoms with Crippen molar-refractivity contribution in [2.24, 2.45) is 0 Å². The Morgan fingerprint density at radius 1 is 1.42 bits per heavy atom. The third-order valence-corrected chi connectivity index (χ3v) is 4.89. The van der Waals surface area contributed by atoms with E-state index in [4.69, 9.17) is 0 Å². The Morgan fingerprint density at radius 2 is 2.25 bits per heavy atom. The fourth-order valence-electron chi connectivity index (χ4n) is 1.21. The molecule has 1 aliphatic rings. The van der Waals surface area contributed by atoms with E-state index in [1.165, 1.54) is 18.6 Å². The Labute approximate surface area is 80.9 Å². The van der Waals surface area contributed by atoms with Gasteiger partial charge in [-0.3, -0.25) is 0 Å². The van der Waals surface area contributed by atoms with E-state index in [2.05, 4.69) is 0 Å². The largest absolute Gasteiger partial charge is 0.355 e. The summed E-state index contributed by atoms with van der Waals surface area (Å²) >= 11 is 0. The van der Waals surface area contributed by atoms with Gasteiger partial charge in [-0.05, 0) is 19.3 Å². The van der Waals surface area contributed by atoms with Crippen LogP contribution in [0.3, 0.4) is 0 Å². The Kier molecular flexibility index (Phi) is 4.92. The molecule has 0 aromatic carbocycles. The van der Waals surface area contributed by atoms with Gasteiger partial charge in [0.25, 0.3) is 0 Å². The molecule has 1 atom stereocenters. The van der Waals surface area contributed by atoms with Crippen molar-refractivity contribution in [1.29, 1.82) is 0 Å². The summed E-state index contributed by atoms with van der Waals surface area (Å²) in [6.07, 6.45) is 4.51. The van der Waals surface area contributed by atoms with Crippen LogP contribution in [0.2, 0.25) is 0 Å². The average Bonchev–Trinajstić information content (AvgIpc) is 2.49. The predicted molar refractivity (Wildman–Crippen MR) is 52.6 cm³/mol. The topological polar surface area (TPSA) is 37.0 Å². The van der Waals surface area contributed by atoms with Gasteiger partial charge in [0, 0.05) is 11.0 Å². The molecule has 12 heavy (non-hydrogen) atoms. The van der Waals surface area contributed by atoms with Gasteiger partial charge in [-0.2, -0.15) is 0 Å². The highest BCUT2D eigenvalue weighted by molar-refractivity contribution is 8.77. The number of carbonyl (C=O) groups is 1. The lowest BCUT2D eigenvalue weighted by Crippen LogP contribution is -1.98. The van der Waals surface area contributed by atoms with Crippen LogP contribution in [0.15, 0.2) is 0 Å². The molecule has 1 fully saturated rings. The highest BCUT2D eigenvalue weighted by atomic mass is 33.1. The van der Waals surface area contributed by atoms with E-state index in [0.29, 0.717) is 0 Å². The van der Waals surface area contributed by atoms with E-state index in [1.807, 2.05) is 21.6 Å². The third-order valence-electron chi connectivity index (χ3n) is 1.88. The standard InChI is InChI=1S/C8H13O2S2/c9-8(10)4-2-1-3-7-5-6-11-12-7/h7H,1-6H2. The first-order chi connectivity index (χ1) is 5.79. The summed E-state index contributed by atoms with van der Waals surface area (Å²) in [6.45, 7) is 0. The zero-order chi connectivity index (χ0) is 8.81. The lowest BCUT2D eigenvalue weighted by Gasteiger charge is -2.04. The van der Waals surface area contributed by atoms with E-state index >= 15 is 0 Å². The first-order valence-electron chi connectivity index (χ1n) is 4.27. The smallest absolute Gasteiger partial charge is 0.247 e. The monoisotopic (exact) mass is 205 g/mol. The third kappa shape index (κ3) is 4.26. The zero-order valence-electron chi connectivity index (χ0n) is 6.95. The van der Waals surface area contributed by atoms with E-state index < -0.39 is 5.97 Å². The van der Waals surface area contributed by atoms with Crippen molar-refractivity contribution in [2.75, 3.05) is 5.75 Å². The summed E-state index contributed by atoms with van der Waals surface area (Å²) in [6, 6.07) is 0. The summed E-state index contributed by atoms with van der Waals surface area (Å²) in [5.41, 5.74) is 0. The van der Waals surface area contributed by atoms with Crippen LogP contribution in [0.5, 0.6) is 0 Å². The normalized spacial score (nSPS) is 22.8. The summed E-state index contributed by atoms with van der Waals surface area (Å²) < 4.78 is 0. The SMILES string of the molecule is [O]C(=O)CCCCC1CCSS1. The summed E-state index contributed by atoms with van der Waals surface area (Å²) in [5.74, 6) is 0.346. The zero-order valence-corrected chi connectivity index (χ0v) is 8.59. The van der Waals surface area contributed by atoms with Crippen LogP contribution in [0, 0.1) is 0 Å². The highest BCUT2D eigenvalue weighted by Gasteiger charge is 2.15. The van der Waals surface area contributed by atoms with E-state index in [1.54, 1.807) is 0 Å². The second kappa shape index (κ2) is 5.75.